The maximum Gasteiger partial charge on any atom is 0.393 e. The summed E-state index contributed by atoms with van der Waals surface area (Å²) in [5.41, 5.74) is 0.260. The number of aliphatic imine (C=N–C) groups is 1. The molecule has 0 unspecified atom stereocenters. The Labute approximate surface area is 78.1 Å². The summed E-state index contributed by atoms with van der Waals surface area (Å²) >= 11 is 0. The van der Waals surface area contributed by atoms with E-state index < -0.39 is 12.6 Å². The van der Waals surface area contributed by atoms with Gasteiger partial charge in [0, 0.05) is 0 Å². The zero-order valence-electron chi connectivity index (χ0n) is 7.01. The predicted molar refractivity (Wildman–Crippen MR) is 44.0 cm³/mol. The molecule has 0 aromatic heterocycles. The molecule has 74 valence electrons. The molecule has 1 rings (SSSR count). The Morgan fingerprint density at radius 1 is 1.36 bits per heavy atom. The average molecular weight is 201 g/mol. The Kier molecular flexibility index (Phi) is 3.04. The van der Waals surface area contributed by atoms with E-state index >= 15 is 0 Å². The van der Waals surface area contributed by atoms with Gasteiger partial charge in [-0.05, 0) is 17.7 Å². The quantitative estimate of drug-likeness (QED) is 0.534. The van der Waals surface area contributed by atoms with Crippen molar-refractivity contribution in [3.05, 3.63) is 29.8 Å². The normalized spacial score (nSPS) is 10.8. The van der Waals surface area contributed by atoms with Crippen LogP contribution >= 0.6 is 0 Å². The van der Waals surface area contributed by atoms with E-state index in [1.807, 2.05) is 0 Å². The van der Waals surface area contributed by atoms with Crippen LogP contribution in [-0.4, -0.2) is 12.3 Å². The topological polar surface area (TPSA) is 29.4 Å². The van der Waals surface area contributed by atoms with E-state index in [2.05, 4.69) is 4.99 Å². The molecule has 1 aromatic carbocycles. The number of hydrogen-bond acceptors (Lipinski definition) is 2. The van der Waals surface area contributed by atoms with Crippen molar-refractivity contribution < 1.29 is 18.0 Å². The fourth-order valence-electron chi connectivity index (χ4n) is 1.02. The summed E-state index contributed by atoms with van der Waals surface area (Å²) in [5, 5.41) is 0. The van der Waals surface area contributed by atoms with E-state index in [1.54, 1.807) is 0 Å². The van der Waals surface area contributed by atoms with Crippen LogP contribution in [0, 0.1) is 0 Å². The summed E-state index contributed by atoms with van der Waals surface area (Å²) in [7, 11) is 0. The smallest absolute Gasteiger partial charge is 0.211 e. The predicted octanol–water partition coefficient (Wildman–Crippen LogP) is 2.76. The van der Waals surface area contributed by atoms with E-state index in [4.69, 9.17) is 0 Å². The molecule has 0 aliphatic carbocycles. The molecule has 0 spiro atoms. The lowest BCUT2D eigenvalue weighted by Gasteiger charge is -2.05. The second kappa shape index (κ2) is 4.07. The van der Waals surface area contributed by atoms with Crippen LogP contribution < -0.4 is 0 Å². The van der Waals surface area contributed by atoms with E-state index in [0.717, 1.165) is 0 Å². The Balaban J connectivity index is 2.89. The summed E-state index contributed by atoms with van der Waals surface area (Å²) in [6.45, 7) is 0. The lowest BCUT2D eigenvalue weighted by molar-refractivity contribution is -0.127. The molecule has 0 aliphatic rings. The minimum atomic E-state index is -4.25. The van der Waals surface area contributed by atoms with Crippen molar-refractivity contribution >= 4 is 11.8 Å². The molecule has 14 heavy (non-hydrogen) atoms. The number of nitrogens with zero attached hydrogens (tertiary/aromatic N) is 1. The van der Waals surface area contributed by atoms with Crippen LogP contribution in [0.4, 0.5) is 18.9 Å². The standard InChI is InChI=1S/C9H6F3NO/c10-9(11,12)5-7-2-1-3-8(4-7)13-6-14/h1-4H,5H2. The molecule has 0 N–H and O–H groups in total. The van der Waals surface area contributed by atoms with Crippen molar-refractivity contribution in [1.29, 1.82) is 0 Å². The summed E-state index contributed by atoms with van der Waals surface area (Å²) in [6.07, 6.45) is -4.00. The van der Waals surface area contributed by atoms with Crippen LogP contribution in [0.3, 0.4) is 0 Å². The fraction of sp³-hybridized carbons (Fsp3) is 0.222. The second-order valence-electron chi connectivity index (χ2n) is 2.66. The molecular formula is C9H6F3NO. The molecule has 0 amide bonds. The molecule has 1 aromatic rings. The zero-order chi connectivity index (χ0) is 10.6. The highest BCUT2D eigenvalue weighted by molar-refractivity contribution is 5.49. The largest absolute Gasteiger partial charge is 0.393 e. The summed E-state index contributed by atoms with van der Waals surface area (Å²) in [5.74, 6) is 0. The molecule has 5 heteroatoms. The van der Waals surface area contributed by atoms with Crippen molar-refractivity contribution in [1.82, 2.24) is 0 Å². The van der Waals surface area contributed by atoms with Gasteiger partial charge in [-0.3, -0.25) is 0 Å². The lowest BCUT2D eigenvalue weighted by Crippen LogP contribution is -2.11. The van der Waals surface area contributed by atoms with E-state index in [1.165, 1.54) is 30.3 Å². The van der Waals surface area contributed by atoms with Crippen LogP contribution in [0.15, 0.2) is 29.3 Å². The Bertz CT molecular complexity index is 367. The van der Waals surface area contributed by atoms with Gasteiger partial charge in [-0.25, -0.2) is 4.79 Å². The van der Waals surface area contributed by atoms with Gasteiger partial charge < -0.3 is 0 Å². The van der Waals surface area contributed by atoms with Gasteiger partial charge in [0.15, 0.2) is 0 Å². The van der Waals surface area contributed by atoms with Crippen LogP contribution in [0.1, 0.15) is 5.56 Å². The van der Waals surface area contributed by atoms with Crippen LogP contribution in [0.25, 0.3) is 0 Å². The molecule has 0 heterocycles. The fourth-order valence-corrected chi connectivity index (χ4v) is 1.02. The van der Waals surface area contributed by atoms with Gasteiger partial charge in [0.1, 0.15) is 0 Å². The highest BCUT2D eigenvalue weighted by Crippen LogP contribution is 2.23. The maximum atomic E-state index is 12.0. The Hall–Kier alpha value is -1.61. The minimum absolute atomic E-state index is 0.0778. The first-order valence-electron chi connectivity index (χ1n) is 3.75. The molecule has 0 bridgehead atoms. The Morgan fingerprint density at radius 2 is 2.07 bits per heavy atom. The lowest BCUT2D eigenvalue weighted by atomic mass is 10.1. The van der Waals surface area contributed by atoms with Crippen LogP contribution in [0.5, 0.6) is 0 Å². The van der Waals surface area contributed by atoms with E-state index in [-0.39, 0.29) is 11.3 Å². The first-order chi connectivity index (χ1) is 6.51. The first kappa shape index (κ1) is 10.5. The number of rotatable bonds is 2. The second-order valence-corrected chi connectivity index (χ2v) is 2.66. The van der Waals surface area contributed by atoms with Crippen molar-refractivity contribution in [2.75, 3.05) is 0 Å². The molecule has 2 nitrogen and oxygen atoms in total. The summed E-state index contributed by atoms with van der Waals surface area (Å²) in [4.78, 5) is 13.1. The van der Waals surface area contributed by atoms with Crippen molar-refractivity contribution in [2.45, 2.75) is 12.6 Å². The summed E-state index contributed by atoms with van der Waals surface area (Å²) in [6, 6.07) is 5.39. The number of halogens is 3. The number of alkyl halides is 3. The SMILES string of the molecule is O=C=Nc1cccc(CC(F)(F)F)c1. The minimum Gasteiger partial charge on any atom is -0.211 e. The highest BCUT2D eigenvalue weighted by atomic mass is 19.4. The van der Waals surface area contributed by atoms with Crippen molar-refractivity contribution in [3.63, 3.8) is 0 Å². The average Bonchev–Trinajstić information content (AvgIpc) is 2.02. The molecule has 0 saturated heterocycles. The first-order valence-corrected chi connectivity index (χ1v) is 3.75. The van der Waals surface area contributed by atoms with Gasteiger partial charge >= 0.3 is 6.18 Å². The number of isocyanates is 1. The zero-order valence-corrected chi connectivity index (χ0v) is 7.01. The van der Waals surface area contributed by atoms with Gasteiger partial charge in [-0.1, -0.05) is 12.1 Å². The third kappa shape index (κ3) is 3.41. The third-order valence-corrected chi connectivity index (χ3v) is 1.49. The van der Waals surface area contributed by atoms with Crippen molar-refractivity contribution in [2.24, 2.45) is 4.99 Å². The van der Waals surface area contributed by atoms with Crippen molar-refractivity contribution in [3.8, 4) is 0 Å². The maximum absolute atomic E-state index is 12.0. The van der Waals surface area contributed by atoms with Gasteiger partial charge in [-0.2, -0.15) is 18.2 Å². The van der Waals surface area contributed by atoms with E-state index in [0.29, 0.717) is 0 Å². The van der Waals surface area contributed by atoms with Gasteiger partial charge in [0.05, 0.1) is 12.1 Å². The molecular weight excluding hydrogens is 195 g/mol. The Morgan fingerprint density at radius 3 is 2.64 bits per heavy atom. The summed E-state index contributed by atoms with van der Waals surface area (Å²) < 4.78 is 35.9. The van der Waals surface area contributed by atoms with Gasteiger partial charge in [0.2, 0.25) is 6.08 Å². The highest BCUT2D eigenvalue weighted by Gasteiger charge is 2.27. The molecule has 0 aliphatic heterocycles. The van der Waals surface area contributed by atoms with Gasteiger partial charge in [0.25, 0.3) is 0 Å². The van der Waals surface area contributed by atoms with Gasteiger partial charge in [-0.15, -0.1) is 0 Å². The molecule has 0 fully saturated rings. The molecule has 0 saturated carbocycles. The number of carbonyl (C=O) groups excluding carboxylic acids is 1. The van der Waals surface area contributed by atoms with Crippen LogP contribution in [0.2, 0.25) is 0 Å². The molecule has 0 radical (unpaired) electrons. The number of benzene rings is 1. The van der Waals surface area contributed by atoms with Crippen LogP contribution in [-0.2, 0) is 11.2 Å². The number of hydrogen-bond donors (Lipinski definition) is 0. The molecule has 0 atom stereocenters. The monoisotopic (exact) mass is 201 g/mol. The van der Waals surface area contributed by atoms with E-state index in [9.17, 15) is 18.0 Å². The third-order valence-electron chi connectivity index (χ3n) is 1.49.